The van der Waals surface area contributed by atoms with Gasteiger partial charge in [-0.05, 0) is 48.4 Å². The normalized spacial score (nSPS) is 12.2. The van der Waals surface area contributed by atoms with Gasteiger partial charge in [-0.15, -0.1) is 0 Å². The highest BCUT2D eigenvalue weighted by Gasteiger charge is 2.48. The summed E-state index contributed by atoms with van der Waals surface area (Å²) in [5, 5.41) is 0. The fourth-order valence-electron chi connectivity index (χ4n) is 3.24. The number of hydrogen-bond acceptors (Lipinski definition) is 7. The van der Waals surface area contributed by atoms with Gasteiger partial charge in [0.25, 0.3) is 0 Å². The van der Waals surface area contributed by atoms with Crippen LogP contribution in [0, 0.1) is 0 Å². The first kappa shape index (κ1) is 27.0. The zero-order valence-corrected chi connectivity index (χ0v) is 20.7. The lowest BCUT2D eigenvalue weighted by Crippen LogP contribution is -2.28. The van der Waals surface area contributed by atoms with Crippen LogP contribution in [0.3, 0.4) is 0 Å². The molecule has 192 valence electrons. The average molecular weight is 523 g/mol. The first-order valence-corrected chi connectivity index (χ1v) is 12.2. The third-order valence-corrected chi connectivity index (χ3v) is 6.29. The number of rotatable bonds is 10. The Morgan fingerprint density at radius 3 is 2.03 bits per heavy atom. The van der Waals surface area contributed by atoms with Crippen molar-refractivity contribution in [3.05, 3.63) is 90.0 Å². The number of ether oxygens (including phenoxy) is 2. The van der Waals surface area contributed by atoms with Gasteiger partial charge in [0.1, 0.15) is 18.1 Å². The number of halogens is 3. The van der Waals surface area contributed by atoms with E-state index >= 15 is 0 Å². The van der Waals surface area contributed by atoms with E-state index in [2.05, 4.69) is 20.7 Å². The van der Waals surface area contributed by atoms with Gasteiger partial charge in [0.2, 0.25) is 0 Å². The molecule has 2 aromatic carbocycles. The average Bonchev–Trinajstić information content (AvgIpc) is 2.83. The molecule has 1 heterocycles. The molecule has 0 radical (unpaired) electrons. The molecule has 3 aromatic rings. The number of benzene rings is 2. The van der Waals surface area contributed by atoms with Crippen LogP contribution in [0.25, 0.3) is 5.76 Å². The van der Waals surface area contributed by atoms with Gasteiger partial charge in [-0.1, -0.05) is 44.7 Å². The first-order valence-electron chi connectivity index (χ1n) is 10.8. The Labute approximate surface area is 207 Å². The Balaban J connectivity index is 1.67. The molecular weight excluding hydrogens is 497 g/mol. The van der Waals surface area contributed by atoms with Crippen LogP contribution in [0.5, 0.6) is 11.5 Å². The molecule has 0 atom stereocenters. The first-order chi connectivity index (χ1) is 16.8. The van der Waals surface area contributed by atoms with Crippen molar-refractivity contribution in [1.82, 2.24) is 9.97 Å². The molecule has 0 spiro atoms. The Bertz CT molecular complexity index is 1310. The second kappa shape index (κ2) is 10.6. The van der Waals surface area contributed by atoms with Gasteiger partial charge in [-0.2, -0.15) is 21.6 Å². The molecule has 0 N–H and O–H groups in total. The molecule has 3 rings (SSSR count). The van der Waals surface area contributed by atoms with E-state index in [0.717, 1.165) is 11.1 Å². The fourth-order valence-corrected chi connectivity index (χ4v) is 3.70. The van der Waals surface area contributed by atoms with E-state index in [4.69, 9.17) is 9.47 Å². The van der Waals surface area contributed by atoms with E-state index in [0.29, 0.717) is 29.6 Å². The molecule has 11 heteroatoms. The van der Waals surface area contributed by atoms with Crippen LogP contribution >= 0.6 is 0 Å². The van der Waals surface area contributed by atoms with Gasteiger partial charge >= 0.3 is 15.6 Å². The van der Waals surface area contributed by atoms with Gasteiger partial charge in [0, 0.05) is 11.6 Å². The summed E-state index contributed by atoms with van der Waals surface area (Å²) in [5.74, 6) is 0.961. The third-order valence-electron chi connectivity index (χ3n) is 5.31. The topological polar surface area (TPSA) is 87.6 Å². The summed E-state index contributed by atoms with van der Waals surface area (Å²) in [7, 11) is -5.72. The van der Waals surface area contributed by atoms with Crippen molar-refractivity contribution in [3.8, 4) is 11.5 Å². The van der Waals surface area contributed by atoms with Crippen molar-refractivity contribution in [2.75, 3.05) is 6.61 Å². The minimum absolute atomic E-state index is 0.208. The van der Waals surface area contributed by atoms with Gasteiger partial charge in [-0.3, -0.25) is 0 Å². The van der Waals surface area contributed by atoms with Crippen LogP contribution in [0.15, 0.2) is 67.4 Å². The summed E-state index contributed by atoms with van der Waals surface area (Å²) >= 11 is 0. The second-order valence-electron chi connectivity index (χ2n) is 8.17. The molecule has 0 aliphatic rings. The monoisotopic (exact) mass is 522 g/mol. The van der Waals surface area contributed by atoms with Crippen LogP contribution in [0.1, 0.15) is 43.4 Å². The van der Waals surface area contributed by atoms with Crippen molar-refractivity contribution >= 4 is 15.9 Å². The Hall–Kier alpha value is -3.60. The van der Waals surface area contributed by atoms with E-state index < -0.39 is 26.8 Å². The molecule has 0 amide bonds. The quantitative estimate of drug-likeness (QED) is 0.194. The SMILES string of the molecule is C=C(OCC)c1nccc(COc2ccc(C(C)(C)c3ccc(OS(=O)(=O)C(F)(F)F)cc3)cc2)n1. The van der Waals surface area contributed by atoms with Crippen LogP contribution < -0.4 is 8.92 Å². The smallest absolute Gasteiger partial charge is 0.491 e. The number of aromatic nitrogens is 2. The van der Waals surface area contributed by atoms with Crippen LogP contribution in [-0.4, -0.2) is 30.5 Å². The Morgan fingerprint density at radius 1 is 0.944 bits per heavy atom. The zero-order valence-electron chi connectivity index (χ0n) is 19.9. The molecular formula is C25H25F3N2O5S. The predicted octanol–water partition coefficient (Wildman–Crippen LogP) is 5.62. The minimum atomic E-state index is -5.72. The molecule has 0 unspecified atom stereocenters. The van der Waals surface area contributed by atoms with E-state index in [1.807, 2.05) is 32.9 Å². The highest BCUT2D eigenvalue weighted by molar-refractivity contribution is 7.88. The second-order valence-corrected chi connectivity index (χ2v) is 9.71. The molecule has 0 aliphatic heterocycles. The highest BCUT2D eigenvalue weighted by atomic mass is 32.2. The molecule has 0 fully saturated rings. The van der Waals surface area contributed by atoms with E-state index in [1.165, 1.54) is 24.3 Å². The van der Waals surface area contributed by atoms with Crippen LogP contribution in [0.2, 0.25) is 0 Å². The molecule has 0 saturated heterocycles. The molecule has 0 aliphatic carbocycles. The van der Waals surface area contributed by atoms with Crippen LogP contribution in [0.4, 0.5) is 13.2 Å². The van der Waals surface area contributed by atoms with Crippen molar-refractivity contribution in [2.24, 2.45) is 0 Å². The van der Waals surface area contributed by atoms with Crippen molar-refractivity contribution in [3.63, 3.8) is 0 Å². The van der Waals surface area contributed by atoms with Crippen molar-refractivity contribution in [2.45, 2.75) is 38.3 Å². The van der Waals surface area contributed by atoms with Crippen molar-refractivity contribution in [1.29, 1.82) is 0 Å². The van der Waals surface area contributed by atoms with Gasteiger partial charge < -0.3 is 13.7 Å². The van der Waals surface area contributed by atoms with Crippen LogP contribution in [-0.2, 0) is 26.9 Å². The van der Waals surface area contributed by atoms with Gasteiger partial charge in [0.05, 0.1) is 12.3 Å². The Kier molecular flexibility index (Phi) is 7.92. The van der Waals surface area contributed by atoms with Crippen molar-refractivity contribution < 1.29 is 35.2 Å². The minimum Gasteiger partial charge on any atom is -0.491 e. The highest BCUT2D eigenvalue weighted by Crippen LogP contribution is 2.34. The number of nitrogens with zero attached hydrogens (tertiary/aromatic N) is 2. The summed E-state index contributed by atoms with van der Waals surface area (Å²) in [5.41, 5.74) is -3.73. The summed E-state index contributed by atoms with van der Waals surface area (Å²) in [6.45, 7) is 10.2. The molecule has 0 bridgehead atoms. The lowest BCUT2D eigenvalue weighted by atomic mass is 9.78. The number of alkyl halides is 3. The maximum absolute atomic E-state index is 12.5. The summed E-state index contributed by atoms with van der Waals surface area (Å²) in [4.78, 5) is 8.51. The zero-order chi connectivity index (χ0) is 26.6. The van der Waals surface area contributed by atoms with E-state index in [-0.39, 0.29) is 6.61 Å². The fraction of sp³-hybridized carbons (Fsp3) is 0.280. The summed E-state index contributed by atoms with van der Waals surface area (Å²) in [6.07, 6.45) is 1.60. The lowest BCUT2D eigenvalue weighted by molar-refractivity contribution is -0.0500. The maximum atomic E-state index is 12.5. The van der Waals surface area contributed by atoms with Gasteiger partial charge in [-0.25, -0.2) is 9.97 Å². The largest absolute Gasteiger partial charge is 0.534 e. The van der Waals surface area contributed by atoms with E-state index in [9.17, 15) is 21.6 Å². The standard InChI is InChI=1S/C25H25F3N2O5S/c1-5-33-17(2)23-29-15-14-20(30-23)16-34-21-10-6-18(7-11-21)24(3,4)19-8-12-22(13-9-19)35-36(31,32)25(26,27)28/h6-15H,2,5,16H2,1,3-4H3. The Morgan fingerprint density at radius 2 is 1.50 bits per heavy atom. The summed E-state index contributed by atoms with van der Waals surface area (Å²) in [6, 6.07) is 14.5. The molecule has 0 saturated carbocycles. The molecule has 7 nitrogen and oxygen atoms in total. The van der Waals surface area contributed by atoms with E-state index in [1.54, 1.807) is 24.4 Å². The summed E-state index contributed by atoms with van der Waals surface area (Å²) < 4.78 is 75.3. The molecule has 36 heavy (non-hydrogen) atoms. The maximum Gasteiger partial charge on any atom is 0.534 e. The lowest BCUT2D eigenvalue weighted by Gasteiger charge is -2.26. The molecule has 1 aromatic heterocycles. The van der Waals surface area contributed by atoms with Gasteiger partial charge in [0.15, 0.2) is 11.6 Å². The third kappa shape index (κ3) is 6.34. The number of hydrogen-bond donors (Lipinski definition) is 0. The predicted molar refractivity (Wildman–Crippen MR) is 128 cm³/mol.